The Kier molecular flexibility index (Phi) is 9.72. The van der Waals surface area contributed by atoms with E-state index >= 15 is 0 Å². The fourth-order valence-electron chi connectivity index (χ4n) is 5.09. The summed E-state index contributed by atoms with van der Waals surface area (Å²) in [7, 11) is 0. The summed E-state index contributed by atoms with van der Waals surface area (Å²) in [4.78, 5) is 30.0. The molecule has 0 saturated heterocycles. The van der Waals surface area contributed by atoms with E-state index in [1.54, 1.807) is 6.92 Å². The van der Waals surface area contributed by atoms with E-state index in [9.17, 15) is 14.7 Å². The van der Waals surface area contributed by atoms with Crippen LogP contribution in [0.2, 0.25) is 0 Å². The van der Waals surface area contributed by atoms with Gasteiger partial charge in [0.15, 0.2) is 0 Å². The van der Waals surface area contributed by atoms with Gasteiger partial charge in [-0.05, 0) is 55.7 Å². The molecule has 4 rings (SSSR count). The summed E-state index contributed by atoms with van der Waals surface area (Å²) in [5.41, 5.74) is 1.60. The first-order valence-corrected chi connectivity index (χ1v) is 12.9. The molecule has 0 bridgehead atoms. The van der Waals surface area contributed by atoms with Crippen LogP contribution < -0.4 is 10.6 Å². The first kappa shape index (κ1) is 28.2. The molecule has 1 fully saturated rings. The second-order valence-corrected chi connectivity index (χ2v) is 10.2. The first-order valence-electron chi connectivity index (χ1n) is 12.9. The minimum atomic E-state index is -1.29. The van der Waals surface area contributed by atoms with Crippen LogP contribution in [0.15, 0.2) is 60.8 Å². The van der Waals surface area contributed by atoms with Crippen LogP contribution in [-0.2, 0) is 22.4 Å². The Balaban J connectivity index is 0.00000380. The Morgan fingerprint density at radius 2 is 1.81 bits per heavy atom. The molecule has 200 valence electrons. The number of aliphatic hydroxyl groups is 1. The zero-order chi connectivity index (χ0) is 25.5. The number of amides is 2. The molecule has 8 nitrogen and oxygen atoms in total. The largest absolute Gasteiger partial charge is 0.446 e. The number of carbonyl (C=O) groups excluding carboxylic acids is 2. The van der Waals surface area contributed by atoms with Gasteiger partial charge in [-0.2, -0.15) is 0 Å². The monoisotopic (exact) mass is 509 g/mol. The van der Waals surface area contributed by atoms with E-state index in [-0.39, 0.29) is 30.5 Å². The summed E-state index contributed by atoms with van der Waals surface area (Å²) in [6.45, 7) is 3.60. The molecule has 2 aromatic carbocycles. The van der Waals surface area contributed by atoms with Crippen molar-refractivity contribution < 1.29 is 24.9 Å². The van der Waals surface area contributed by atoms with Crippen LogP contribution in [0.1, 0.15) is 50.7 Å². The van der Waals surface area contributed by atoms with Crippen LogP contribution in [-0.4, -0.2) is 51.9 Å². The maximum Gasteiger partial charge on any atom is 0.408 e. The van der Waals surface area contributed by atoms with Crippen LogP contribution >= 0.6 is 0 Å². The van der Waals surface area contributed by atoms with Gasteiger partial charge in [0.25, 0.3) is 0 Å². The number of hydrogen-bond donors (Lipinski definition) is 4. The number of aromatic nitrogens is 1. The van der Waals surface area contributed by atoms with Crippen molar-refractivity contribution in [1.29, 1.82) is 0 Å². The lowest BCUT2D eigenvalue weighted by Crippen LogP contribution is -2.60. The molecule has 3 aromatic rings. The highest BCUT2D eigenvalue weighted by molar-refractivity contribution is 5.91. The molecule has 0 spiro atoms. The molecule has 0 unspecified atom stereocenters. The maximum absolute atomic E-state index is 13.7. The van der Waals surface area contributed by atoms with E-state index in [2.05, 4.69) is 22.5 Å². The van der Waals surface area contributed by atoms with Crippen LogP contribution in [0.4, 0.5) is 4.79 Å². The Morgan fingerprint density at radius 3 is 2.54 bits per heavy atom. The zero-order valence-corrected chi connectivity index (χ0v) is 21.6. The lowest BCUT2D eigenvalue weighted by Gasteiger charge is -2.33. The SMILES string of the molecule is C[C@H]1CCCC[C@@H]1OC(=O)N[C@](C)(Cc1c[nH]c2ccccc12)C(=O)N[C@H](CO)Cc1ccccc1.O. The lowest BCUT2D eigenvalue weighted by molar-refractivity contribution is -0.128. The van der Waals surface area contributed by atoms with Gasteiger partial charge in [0, 0.05) is 23.5 Å². The molecule has 0 aliphatic heterocycles. The predicted molar refractivity (Wildman–Crippen MR) is 144 cm³/mol. The number of fused-ring (bicyclic) bond motifs is 1. The van der Waals surface area contributed by atoms with Crippen molar-refractivity contribution in [3.05, 3.63) is 71.9 Å². The van der Waals surface area contributed by atoms with Gasteiger partial charge in [0.1, 0.15) is 11.6 Å². The number of ether oxygens (including phenoxy) is 1. The van der Waals surface area contributed by atoms with Gasteiger partial charge in [0.05, 0.1) is 12.6 Å². The summed E-state index contributed by atoms with van der Waals surface area (Å²) < 4.78 is 5.80. The number of nitrogens with one attached hydrogen (secondary N) is 3. The van der Waals surface area contributed by atoms with Crippen LogP contribution in [0.25, 0.3) is 10.9 Å². The predicted octanol–water partition coefficient (Wildman–Crippen LogP) is 3.67. The number of hydrogen-bond acceptors (Lipinski definition) is 4. The second-order valence-electron chi connectivity index (χ2n) is 10.2. The van der Waals surface area contributed by atoms with E-state index < -0.39 is 17.7 Å². The van der Waals surface area contributed by atoms with E-state index in [1.165, 1.54) is 0 Å². The molecule has 8 heteroatoms. The average molecular weight is 510 g/mol. The van der Waals surface area contributed by atoms with Gasteiger partial charge in [0.2, 0.25) is 5.91 Å². The summed E-state index contributed by atoms with van der Waals surface area (Å²) in [6.07, 6.45) is 5.93. The standard InChI is InChI=1S/C29H37N3O4.H2O/c1-20-10-6-9-15-26(20)36-28(35)32-29(2,17-22-18-30-25-14-8-7-13-24(22)25)27(34)31-23(19-33)16-21-11-4-3-5-12-21;/h3-5,7-8,11-14,18,20,23,26,30,33H,6,9-10,15-17,19H2,1-2H3,(H,31,34)(H,32,35);1H2/t20-,23-,26-,29+;/m0./s1. The van der Waals surface area contributed by atoms with Gasteiger partial charge < -0.3 is 30.9 Å². The van der Waals surface area contributed by atoms with Gasteiger partial charge in [-0.15, -0.1) is 0 Å². The topological polar surface area (TPSA) is 135 Å². The van der Waals surface area contributed by atoms with Crippen molar-refractivity contribution >= 4 is 22.9 Å². The molecule has 1 heterocycles. The van der Waals surface area contributed by atoms with Gasteiger partial charge in [-0.25, -0.2) is 4.79 Å². The van der Waals surface area contributed by atoms with Gasteiger partial charge in [-0.3, -0.25) is 4.79 Å². The number of aromatic amines is 1. The van der Waals surface area contributed by atoms with E-state index in [0.29, 0.717) is 12.3 Å². The van der Waals surface area contributed by atoms with Crippen LogP contribution in [0, 0.1) is 5.92 Å². The van der Waals surface area contributed by atoms with Crippen LogP contribution in [0.5, 0.6) is 0 Å². The summed E-state index contributed by atoms with van der Waals surface area (Å²) in [6, 6.07) is 17.1. The zero-order valence-electron chi connectivity index (χ0n) is 21.6. The highest BCUT2D eigenvalue weighted by atomic mass is 16.6. The Bertz CT molecular complexity index is 1160. The third-order valence-electron chi connectivity index (χ3n) is 7.27. The minimum Gasteiger partial charge on any atom is -0.446 e. The molecule has 4 atom stereocenters. The number of alkyl carbamates (subject to hydrolysis) is 1. The molecular weight excluding hydrogens is 470 g/mol. The third-order valence-corrected chi connectivity index (χ3v) is 7.27. The van der Waals surface area contributed by atoms with E-state index in [1.807, 2.05) is 60.8 Å². The highest BCUT2D eigenvalue weighted by Gasteiger charge is 2.38. The Morgan fingerprint density at radius 1 is 1.11 bits per heavy atom. The number of rotatable bonds is 9. The van der Waals surface area contributed by atoms with Gasteiger partial charge in [-0.1, -0.05) is 61.9 Å². The van der Waals surface area contributed by atoms with Crippen molar-refractivity contribution in [3.63, 3.8) is 0 Å². The normalized spacial score (nSPS) is 19.8. The molecule has 6 N–H and O–H groups in total. The van der Waals surface area contributed by atoms with E-state index in [4.69, 9.17) is 4.74 Å². The molecular formula is C29H39N3O5. The number of para-hydroxylation sites is 1. The average Bonchev–Trinajstić information content (AvgIpc) is 3.28. The number of H-pyrrole nitrogens is 1. The maximum atomic E-state index is 13.7. The number of benzene rings is 2. The van der Waals surface area contributed by atoms with Crippen molar-refractivity contribution in [2.45, 2.75) is 70.1 Å². The molecule has 1 aliphatic carbocycles. The minimum absolute atomic E-state index is 0. The molecule has 1 aromatic heterocycles. The van der Waals surface area contributed by atoms with Gasteiger partial charge >= 0.3 is 6.09 Å². The lowest BCUT2D eigenvalue weighted by atomic mass is 9.88. The Hall–Kier alpha value is -3.36. The third kappa shape index (κ3) is 7.11. The molecule has 1 aliphatic rings. The summed E-state index contributed by atoms with van der Waals surface area (Å²) >= 11 is 0. The van der Waals surface area contributed by atoms with Crippen molar-refractivity contribution in [2.75, 3.05) is 6.61 Å². The second kappa shape index (κ2) is 12.7. The Labute approximate surface area is 218 Å². The van der Waals surface area contributed by atoms with Crippen molar-refractivity contribution in [3.8, 4) is 0 Å². The number of aliphatic hydroxyl groups excluding tert-OH is 1. The fourth-order valence-corrected chi connectivity index (χ4v) is 5.09. The smallest absolute Gasteiger partial charge is 0.408 e. The van der Waals surface area contributed by atoms with Crippen molar-refractivity contribution in [1.82, 2.24) is 15.6 Å². The summed E-state index contributed by atoms with van der Waals surface area (Å²) in [5, 5.41) is 16.8. The summed E-state index contributed by atoms with van der Waals surface area (Å²) in [5.74, 6) is -0.0701. The van der Waals surface area contributed by atoms with Crippen LogP contribution in [0.3, 0.4) is 0 Å². The fraction of sp³-hybridized carbons (Fsp3) is 0.448. The first-order chi connectivity index (χ1) is 17.4. The molecule has 37 heavy (non-hydrogen) atoms. The molecule has 1 saturated carbocycles. The molecule has 0 radical (unpaired) electrons. The van der Waals surface area contributed by atoms with Crippen molar-refractivity contribution in [2.24, 2.45) is 5.92 Å². The van der Waals surface area contributed by atoms with E-state index in [0.717, 1.165) is 47.7 Å². The number of carbonyl (C=O) groups is 2. The highest BCUT2D eigenvalue weighted by Crippen LogP contribution is 2.27. The quantitative estimate of drug-likeness (QED) is 0.350. The molecule has 2 amide bonds.